The van der Waals surface area contributed by atoms with Gasteiger partial charge in [-0.25, -0.2) is 0 Å². The average molecular weight is 299 g/mol. The molecule has 1 aliphatic carbocycles. The number of aliphatic carboxylic acids is 1. The lowest BCUT2D eigenvalue weighted by Crippen LogP contribution is -2.44. The molecule has 1 fully saturated rings. The molecule has 1 saturated carbocycles. The number of amides is 1. The predicted octanol–water partition coefficient (Wildman–Crippen LogP) is 2.47. The molecule has 0 bridgehead atoms. The Kier molecular flexibility index (Phi) is 6.65. The summed E-state index contributed by atoms with van der Waals surface area (Å²) in [6.45, 7) is 4.02. The molecule has 0 atom stereocenters. The van der Waals surface area contributed by atoms with Crippen molar-refractivity contribution in [2.24, 2.45) is 5.41 Å². The molecule has 0 saturated heterocycles. The van der Waals surface area contributed by atoms with Crippen LogP contribution in [0.1, 0.15) is 71.6 Å². The molecule has 0 radical (unpaired) electrons. The van der Waals surface area contributed by atoms with Crippen molar-refractivity contribution in [3.8, 4) is 0 Å². The van der Waals surface area contributed by atoms with Gasteiger partial charge in [0.15, 0.2) is 0 Å². The van der Waals surface area contributed by atoms with E-state index in [9.17, 15) is 14.7 Å². The molecule has 0 aromatic heterocycles. The minimum atomic E-state index is -0.859. The maximum absolute atomic E-state index is 12.2. The Morgan fingerprint density at radius 1 is 1.10 bits per heavy atom. The molecule has 0 aliphatic heterocycles. The molecule has 122 valence electrons. The van der Waals surface area contributed by atoms with Gasteiger partial charge in [-0.15, -0.1) is 0 Å². The van der Waals surface area contributed by atoms with E-state index in [2.05, 4.69) is 5.32 Å². The van der Waals surface area contributed by atoms with Crippen LogP contribution in [-0.4, -0.2) is 34.2 Å². The van der Waals surface area contributed by atoms with Crippen LogP contribution in [0.2, 0.25) is 0 Å². The molecular formula is C16H29NO4. The van der Waals surface area contributed by atoms with Crippen molar-refractivity contribution in [2.75, 3.05) is 6.54 Å². The Labute approximate surface area is 127 Å². The fourth-order valence-corrected chi connectivity index (χ4v) is 3.20. The number of hydrogen-bond donors (Lipinski definition) is 3. The van der Waals surface area contributed by atoms with E-state index in [-0.39, 0.29) is 25.3 Å². The summed E-state index contributed by atoms with van der Waals surface area (Å²) in [7, 11) is 0. The van der Waals surface area contributed by atoms with Gasteiger partial charge in [0.2, 0.25) is 5.91 Å². The lowest BCUT2D eigenvalue weighted by atomic mass is 9.69. The third kappa shape index (κ3) is 5.65. The molecule has 1 aliphatic rings. The fourth-order valence-electron chi connectivity index (χ4n) is 3.20. The number of aliphatic hydroxyl groups is 1. The van der Waals surface area contributed by atoms with E-state index in [1.54, 1.807) is 0 Å². The first-order valence-electron chi connectivity index (χ1n) is 8.06. The van der Waals surface area contributed by atoms with E-state index in [0.717, 1.165) is 32.1 Å². The third-order valence-electron chi connectivity index (χ3n) is 4.91. The maximum Gasteiger partial charge on any atom is 0.303 e. The number of carboxylic acid groups (broad SMARTS) is 1. The number of carboxylic acids is 1. The largest absolute Gasteiger partial charge is 0.481 e. The van der Waals surface area contributed by atoms with Crippen molar-refractivity contribution < 1.29 is 19.8 Å². The Morgan fingerprint density at radius 3 is 2.14 bits per heavy atom. The Bertz CT molecular complexity index is 357. The van der Waals surface area contributed by atoms with Gasteiger partial charge in [-0.3, -0.25) is 9.59 Å². The molecule has 5 nitrogen and oxygen atoms in total. The van der Waals surface area contributed by atoms with Crippen LogP contribution < -0.4 is 5.32 Å². The quantitative estimate of drug-likeness (QED) is 0.642. The SMILES string of the molecule is CCC(O)(CC)CNC(=O)CC1(CC(=O)O)CCCCC1. The average Bonchev–Trinajstić information content (AvgIpc) is 2.44. The minimum absolute atomic E-state index is 0.0617. The highest BCUT2D eigenvalue weighted by molar-refractivity contribution is 5.78. The normalized spacial score (nSPS) is 18.2. The Hall–Kier alpha value is -1.10. The van der Waals surface area contributed by atoms with Gasteiger partial charge < -0.3 is 15.5 Å². The molecule has 0 unspecified atom stereocenters. The van der Waals surface area contributed by atoms with Crippen molar-refractivity contribution in [1.29, 1.82) is 0 Å². The van der Waals surface area contributed by atoms with E-state index in [0.29, 0.717) is 12.8 Å². The van der Waals surface area contributed by atoms with Gasteiger partial charge in [0, 0.05) is 13.0 Å². The summed E-state index contributed by atoms with van der Waals surface area (Å²) in [6, 6.07) is 0. The fraction of sp³-hybridized carbons (Fsp3) is 0.875. The van der Waals surface area contributed by atoms with Crippen LogP contribution >= 0.6 is 0 Å². The zero-order valence-corrected chi connectivity index (χ0v) is 13.3. The number of carbonyl (C=O) groups excluding carboxylic acids is 1. The van der Waals surface area contributed by atoms with E-state index >= 15 is 0 Å². The van der Waals surface area contributed by atoms with Crippen LogP contribution in [0.5, 0.6) is 0 Å². The van der Waals surface area contributed by atoms with E-state index in [1.807, 2.05) is 13.8 Å². The monoisotopic (exact) mass is 299 g/mol. The summed E-state index contributed by atoms with van der Waals surface area (Å²) in [5, 5.41) is 22.1. The highest BCUT2D eigenvalue weighted by Crippen LogP contribution is 2.42. The minimum Gasteiger partial charge on any atom is -0.481 e. The first kappa shape index (κ1) is 18.0. The summed E-state index contributed by atoms with van der Waals surface area (Å²) >= 11 is 0. The lowest BCUT2D eigenvalue weighted by molar-refractivity contribution is -0.141. The predicted molar refractivity (Wildman–Crippen MR) is 80.9 cm³/mol. The second-order valence-corrected chi connectivity index (χ2v) is 6.52. The molecule has 5 heteroatoms. The second-order valence-electron chi connectivity index (χ2n) is 6.52. The van der Waals surface area contributed by atoms with Crippen molar-refractivity contribution in [3.05, 3.63) is 0 Å². The van der Waals surface area contributed by atoms with Crippen LogP contribution in [0.25, 0.3) is 0 Å². The molecule has 0 aromatic carbocycles. The highest BCUT2D eigenvalue weighted by Gasteiger charge is 2.36. The van der Waals surface area contributed by atoms with Crippen LogP contribution in [0, 0.1) is 5.41 Å². The van der Waals surface area contributed by atoms with Crippen LogP contribution in [-0.2, 0) is 9.59 Å². The summed E-state index contributed by atoms with van der Waals surface area (Å²) in [6.07, 6.45) is 6.21. The molecular weight excluding hydrogens is 270 g/mol. The van der Waals surface area contributed by atoms with Gasteiger partial charge in [0.05, 0.1) is 12.0 Å². The van der Waals surface area contributed by atoms with Gasteiger partial charge >= 0.3 is 5.97 Å². The van der Waals surface area contributed by atoms with Crippen molar-refractivity contribution in [1.82, 2.24) is 5.32 Å². The van der Waals surface area contributed by atoms with E-state index in [1.165, 1.54) is 0 Å². The van der Waals surface area contributed by atoms with Crippen LogP contribution in [0.4, 0.5) is 0 Å². The molecule has 21 heavy (non-hydrogen) atoms. The number of hydrogen-bond acceptors (Lipinski definition) is 3. The maximum atomic E-state index is 12.2. The van der Waals surface area contributed by atoms with Crippen LogP contribution in [0.3, 0.4) is 0 Å². The van der Waals surface area contributed by atoms with Gasteiger partial charge in [-0.2, -0.15) is 0 Å². The smallest absolute Gasteiger partial charge is 0.303 e. The zero-order valence-electron chi connectivity index (χ0n) is 13.3. The Balaban J connectivity index is 2.58. The number of rotatable bonds is 8. The van der Waals surface area contributed by atoms with Crippen molar-refractivity contribution in [3.63, 3.8) is 0 Å². The molecule has 3 N–H and O–H groups in total. The van der Waals surface area contributed by atoms with Crippen molar-refractivity contribution in [2.45, 2.75) is 77.2 Å². The Morgan fingerprint density at radius 2 is 1.67 bits per heavy atom. The van der Waals surface area contributed by atoms with Crippen molar-refractivity contribution >= 4 is 11.9 Å². The van der Waals surface area contributed by atoms with Crippen LogP contribution in [0.15, 0.2) is 0 Å². The second kappa shape index (κ2) is 7.78. The highest BCUT2D eigenvalue weighted by atomic mass is 16.4. The topological polar surface area (TPSA) is 86.6 Å². The lowest BCUT2D eigenvalue weighted by Gasteiger charge is -2.36. The van der Waals surface area contributed by atoms with E-state index in [4.69, 9.17) is 5.11 Å². The van der Waals surface area contributed by atoms with Gasteiger partial charge in [0.1, 0.15) is 0 Å². The summed E-state index contributed by atoms with van der Waals surface area (Å²) < 4.78 is 0. The zero-order chi connectivity index (χ0) is 15.9. The first-order valence-corrected chi connectivity index (χ1v) is 8.06. The molecule has 1 rings (SSSR count). The number of nitrogens with one attached hydrogen (secondary N) is 1. The molecule has 0 heterocycles. The first-order chi connectivity index (χ1) is 9.85. The van der Waals surface area contributed by atoms with Gasteiger partial charge in [-0.1, -0.05) is 33.1 Å². The van der Waals surface area contributed by atoms with Gasteiger partial charge in [-0.05, 0) is 31.1 Å². The van der Waals surface area contributed by atoms with E-state index < -0.39 is 17.0 Å². The summed E-state index contributed by atoms with van der Waals surface area (Å²) in [5.74, 6) is -0.971. The molecule has 0 spiro atoms. The molecule has 0 aromatic rings. The third-order valence-corrected chi connectivity index (χ3v) is 4.91. The van der Waals surface area contributed by atoms with Gasteiger partial charge in [0.25, 0.3) is 0 Å². The molecule has 1 amide bonds. The summed E-state index contributed by atoms with van der Waals surface area (Å²) in [4.78, 5) is 23.3. The number of carbonyl (C=O) groups is 2. The standard InChI is InChI=1S/C16H29NO4/c1-3-16(21,4-2)12-17-13(18)10-15(11-14(19)20)8-6-5-7-9-15/h21H,3-12H2,1-2H3,(H,17,18)(H,19,20). The summed E-state index contributed by atoms with van der Waals surface area (Å²) in [5.41, 5.74) is -1.26.